The number of carbonyl (C=O) groups excluding carboxylic acids is 1. The number of thiophene rings is 1. The molecule has 2 heterocycles. The monoisotopic (exact) mass is 524 g/mol. The molecule has 200 valence electrons. The first-order valence-electron chi connectivity index (χ1n) is 14.0. The second kappa shape index (κ2) is 10.7. The highest BCUT2D eigenvalue weighted by molar-refractivity contribution is 7.15. The molecule has 1 amide bonds. The lowest BCUT2D eigenvalue weighted by atomic mass is 9.78. The predicted molar refractivity (Wildman–Crippen MR) is 147 cm³/mol. The number of hydrogen-bond donors (Lipinski definition) is 1. The van der Waals surface area contributed by atoms with Gasteiger partial charge in [-0.05, 0) is 93.6 Å². The van der Waals surface area contributed by atoms with Crippen LogP contribution in [0.3, 0.4) is 0 Å². The van der Waals surface area contributed by atoms with E-state index < -0.39 is 5.97 Å². The predicted octanol–water partition coefficient (Wildman–Crippen LogP) is 6.97. The van der Waals surface area contributed by atoms with Crippen molar-refractivity contribution in [2.75, 3.05) is 4.90 Å². The largest absolute Gasteiger partial charge is 0.477 e. The van der Waals surface area contributed by atoms with Crippen molar-refractivity contribution in [1.29, 1.82) is 0 Å². The maximum absolute atomic E-state index is 14.2. The van der Waals surface area contributed by atoms with Crippen molar-refractivity contribution < 1.29 is 14.7 Å². The van der Waals surface area contributed by atoms with Crippen LogP contribution in [0, 0.1) is 17.3 Å². The Morgan fingerprint density at radius 3 is 2.43 bits per heavy atom. The minimum absolute atomic E-state index is 0.00596. The minimum atomic E-state index is -0.936. The van der Waals surface area contributed by atoms with Crippen LogP contribution in [-0.2, 0) is 4.79 Å². The van der Waals surface area contributed by atoms with Crippen LogP contribution in [-0.4, -0.2) is 37.8 Å². The van der Waals surface area contributed by atoms with Crippen LogP contribution in [0.4, 0.5) is 5.69 Å². The molecule has 3 aliphatic carbocycles. The van der Waals surface area contributed by atoms with Gasteiger partial charge in [0.2, 0.25) is 5.91 Å². The minimum Gasteiger partial charge on any atom is -0.477 e. The van der Waals surface area contributed by atoms with Gasteiger partial charge in [-0.2, -0.15) is 5.10 Å². The zero-order valence-electron chi connectivity index (χ0n) is 22.4. The van der Waals surface area contributed by atoms with Gasteiger partial charge in [-0.3, -0.25) is 4.79 Å². The lowest BCUT2D eigenvalue weighted by Gasteiger charge is -2.39. The maximum atomic E-state index is 14.2. The second-order valence-electron chi connectivity index (χ2n) is 12.2. The average molecular weight is 525 g/mol. The fourth-order valence-corrected chi connectivity index (χ4v) is 7.41. The molecule has 7 nitrogen and oxygen atoms in total. The molecule has 2 fully saturated rings. The number of carboxylic acids is 1. The highest BCUT2D eigenvalue weighted by atomic mass is 32.1. The highest BCUT2D eigenvalue weighted by Crippen LogP contribution is 2.45. The van der Waals surface area contributed by atoms with Crippen LogP contribution in [0.15, 0.2) is 24.8 Å². The molecule has 3 aliphatic rings. The Hall–Kier alpha value is -2.48. The average Bonchev–Trinajstić information content (AvgIpc) is 3.56. The van der Waals surface area contributed by atoms with E-state index in [1.165, 1.54) is 16.9 Å². The summed E-state index contributed by atoms with van der Waals surface area (Å²) in [7, 11) is 0. The van der Waals surface area contributed by atoms with E-state index in [1.54, 1.807) is 12.7 Å². The Morgan fingerprint density at radius 1 is 1.11 bits per heavy atom. The van der Waals surface area contributed by atoms with E-state index >= 15 is 0 Å². The van der Waals surface area contributed by atoms with Gasteiger partial charge < -0.3 is 10.0 Å². The smallest absolute Gasteiger partial charge is 0.348 e. The summed E-state index contributed by atoms with van der Waals surface area (Å²) in [5.41, 5.74) is 2.13. The van der Waals surface area contributed by atoms with Gasteiger partial charge in [-0.15, -0.1) is 11.3 Å². The number of nitrogens with zero attached hydrogens (tertiary/aromatic N) is 4. The SMILES string of the molecule is CC1(C)CC=C(c2cc(N(C(=O)[C@H]3CC[C@H](C)CC3)[C@H]3CC[C@@H](n4cncn4)CC3)c(C(=O)O)s2)CC1. The molecule has 0 bridgehead atoms. The van der Waals surface area contributed by atoms with Gasteiger partial charge in [0, 0.05) is 16.8 Å². The van der Waals surface area contributed by atoms with Crippen molar-refractivity contribution in [3.8, 4) is 0 Å². The molecule has 5 rings (SSSR count). The summed E-state index contributed by atoms with van der Waals surface area (Å²) in [5.74, 6) is -0.180. The van der Waals surface area contributed by atoms with Crippen LogP contribution < -0.4 is 4.90 Å². The van der Waals surface area contributed by atoms with E-state index in [0.717, 1.165) is 75.5 Å². The molecule has 0 radical (unpaired) electrons. The van der Waals surface area contributed by atoms with Crippen LogP contribution in [0.5, 0.6) is 0 Å². The van der Waals surface area contributed by atoms with E-state index in [9.17, 15) is 14.7 Å². The van der Waals surface area contributed by atoms with Gasteiger partial charge in [0.1, 0.15) is 17.5 Å². The van der Waals surface area contributed by atoms with E-state index in [1.807, 2.05) is 15.6 Å². The zero-order chi connectivity index (χ0) is 26.2. The summed E-state index contributed by atoms with van der Waals surface area (Å²) >= 11 is 1.35. The summed E-state index contributed by atoms with van der Waals surface area (Å²) in [4.78, 5) is 34.0. The van der Waals surface area contributed by atoms with Crippen molar-refractivity contribution in [2.24, 2.45) is 17.3 Å². The number of amides is 1. The van der Waals surface area contributed by atoms with Crippen molar-refractivity contribution >= 4 is 34.5 Å². The van der Waals surface area contributed by atoms with Crippen LogP contribution in [0.2, 0.25) is 0 Å². The molecule has 2 aromatic heterocycles. The molecule has 0 saturated heterocycles. The van der Waals surface area contributed by atoms with Crippen LogP contribution in [0.25, 0.3) is 5.57 Å². The molecular formula is C29H40N4O3S. The first-order chi connectivity index (χ1) is 17.7. The van der Waals surface area contributed by atoms with Crippen molar-refractivity contribution in [2.45, 2.75) is 103 Å². The lowest BCUT2D eigenvalue weighted by molar-refractivity contribution is -0.124. The molecule has 0 aliphatic heterocycles. The van der Waals surface area contributed by atoms with E-state index in [-0.39, 0.29) is 29.3 Å². The highest BCUT2D eigenvalue weighted by Gasteiger charge is 2.38. The van der Waals surface area contributed by atoms with Gasteiger partial charge in [0.05, 0.1) is 11.7 Å². The van der Waals surface area contributed by atoms with Gasteiger partial charge in [0.15, 0.2) is 0 Å². The summed E-state index contributed by atoms with van der Waals surface area (Å²) in [6.45, 7) is 6.82. The normalized spacial score (nSPS) is 27.9. The van der Waals surface area contributed by atoms with E-state index in [2.05, 4.69) is 36.9 Å². The van der Waals surface area contributed by atoms with Gasteiger partial charge in [-0.1, -0.05) is 26.8 Å². The second-order valence-corrected chi connectivity index (χ2v) is 13.3. The van der Waals surface area contributed by atoms with Gasteiger partial charge in [0.25, 0.3) is 0 Å². The van der Waals surface area contributed by atoms with Crippen molar-refractivity contribution in [3.63, 3.8) is 0 Å². The molecule has 37 heavy (non-hydrogen) atoms. The molecule has 1 N–H and O–H groups in total. The molecule has 0 aromatic carbocycles. The third-order valence-electron chi connectivity index (χ3n) is 8.90. The number of allylic oxidation sites excluding steroid dienone is 2. The Morgan fingerprint density at radius 2 is 1.84 bits per heavy atom. The summed E-state index contributed by atoms with van der Waals surface area (Å²) in [6, 6.07) is 2.30. The molecule has 2 saturated carbocycles. The van der Waals surface area contributed by atoms with Crippen molar-refractivity contribution in [3.05, 3.63) is 34.6 Å². The zero-order valence-corrected chi connectivity index (χ0v) is 23.2. The number of aromatic carboxylic acids is 1. The van der Waals surface area contributed by atoms with Gasteiger partial charge >= 0.3 is 5.97 Å². The lowest BCUT2D eigenvalue weighted by Crippen LogP contribution is -2.46. The quantitative estimate of drug-likeness (QED) is 0.441. The van der Waals surface area contributed by atoms with E-state index in [4.69, 9.17) is 0 Å². The molecule has 8 heteroatoms. The molecule has 0 unspecified atom stereocenters. The molecule has 0 atom stereocenters. The Bertz CT molecular complexity index is 1140. The number of carboxylic acid groups (broad SMARTS) is 1. The first-order valence-corrected chi connectivity index (χ1v) is 14.8. The van der Waals surface area contributed by atoms with Crippen molar-refractivity contribution in [1.82, 2.24) is 14.8 Å². The number of hydrogen-bond acceptors (Lipinski definition) is 5. The molecular weight excluding hydrogens is 484 g/mol. The maximum Gasteiger partial charge on any atom is 0.348 e. The Balaban J connectivity index is 1.46. The van der Waals surface area contributed by atoms with Gasteiger partial charge in [-0.25, -0.2) is 14.5 Å². The van der Waals surface area contributed by atoms with Crippen LogP contribution >= 0.6 is 11.3 Å². The van der Waals surface area contributed by atoms with Crippen LogP contribution in [0.1, 0.15) is 112 Å². The Kier molecular flexibility index (Phi) is 7.57. The fraction of sp³-hybridized carbons (Fsp3) is 0.655. The Labute approximate surface area is 224 Å². The topological polar surface area (TPSA) is 88.3 Å². The number of anilines is 1. The number of carbonyl (C=O) groups is 2. The third kappa shape index (κ3) is 5.69. The van der Waals surface area contributed by atoms with E-state index in [0.29, 0.717) is 16.5 Å². The summed E-state index contributed by atoms with van der Waals surface area (Å²) in [5, 5.41) is 14.6. The number of rotatable bonds is 6. The fourth-order valence-electron chi connectivity index (χ4n) is 6.36. The first kappa shape index (κ1) is 26.1. The molecule has 2 aromatic rings. The third-order valence-corrected chi connectivity index (χ3v) is 10.1. The standard InChI is InChI=1S/C29H40N4O3S/c1-19-4-6-21(7-5-19)27(34)33(23-10-8-22(9-11-23)32-18-30-17-31-32)24-16-25(37-26(24)28(35)36)20-12-14-29(2,3)15-13-20/h12,16-19,21-23H,4-11,13-15H2,1-3H3,(H,35,36)/t19-,21-,22-,23+. The summed E-state index contributed by atoms with van der Waals surface area (Å²) in [6.07, 6.45) is 16.0. The number of aromatic nitrogens is 3. The molecule has 0 spiro atoms. The summed E-state index contributed by atoms with van der Waals surface area (Å²) < 4.78 is 1.92.